The average molecular weight is 388 g/mol. The van der Waals surface area contributed by atoms with Crippen LogP contribution >= 0.6 is 11.3 Å². The number of thiophene rings is 1. The number of hydrogen-bond acceptors (Lipinski definition) is 5. The summed E-state index contributed by atoms with van der Waals surface area (Å²) in [6.07, 6.45) is 3.45. The second kappa shape index (κ2) is 7.99. The highest BCUT2D eigenvalue weighted by molar-refractivity contribution is 7.89. The largest absolute Gasteiger partial charge is 0.358 e. The Bertz CT molecular complexity index is 935. The molecule has 7 heteroatoms. The van der Waals surface area contributed by atoms with Crippen LogP contribution in [0.4, 0.5) is 5.82 Å². The fourth-order valence-electron chi connectivity index (χ4n) is 2.72. The molecule has 0 aliphatic carbocycles. The van der Waals surface area contributed by atoms with E-state index in [4.69, 9.17) is 5.14 Å². The van der Waals surface area contributed by atoms with E-state index in [2.05, 4.69) is 47.6 Å². The SMILES string of the molecule is CCCc1ccc([C@H](Nc2ccc(S(N)(=O)=O)cn2)c2cccs2)cc1. The molecule has 0 bridgehead atoms. The van der Waals surface area contributed by atoms with E-state index < -0.39 is 10.0 Å². The Balaban J connectivity index is 1.88. The number of nitrogens with zero attached hydrogens (tertiary/aromatic N) is 1. The van der Waals surface area contributed by atoms with Gasteiger partial charge in [0.1, 0.15) is 10.7 Å². The van der Waals surface area contributed by atoms with E-state index in [1.165, 1.54) is 17.8 Å². The number of benzene rings is 1. The van der Waals surface area contributed by atoms with Gasteiger partial charge in [0.2, 0.25) is 10.0 Å². The summed E-state index contributed by atoms with van der Waals surface area (Å²) in [6.45, 7) is 2.17. The van der Waals surface area contributed by atoms with E-state index in [9.17, 15) is 8.42 Å². The van der Waals surface area contributed by atoms with Gasteiger partial charge in [0.15, 0.2) is 0 Å². The molecular formula is C19H21N3O2S2. The molecule has 0 amide bonds. The van der Waals surface area contributed by atoms with E-state index >= 15 is 0 Å². The van der Waals surface area contributed by atoms with Crippen LogP contribution < -0.4 is 10.5 Å². The first-order valence-corrected chi connectivity index (χ1v) is 10.8. The zero-order valence-electron chi connectivity index (χ0n) is 14.4. The molecule has 3 rings (SSSR count). The summed E-state index contributed by atoms with van der Waals surface area (Å²) in [7, 11) is -3.74. The number of nitrogens with two attached hydrogens (primary N) is 1. The van der Waals surface area contributed by atoms with Gasteiger partial charge in [0, 0.05) is 11.1 Å². The molecule has 0 spiro atoms. The van der Waals surface area contributed by atoms with E-state index in [0.717, 1.165) is 23.3 Å². The minimum atomic E-state index is -3.74. The van der Waals surface area contributed by atoms with Crippen LogP contribution in [0, 0.1) is 0 Å². The number of rotatable bonds is 7. The lowest BCUT2D eigenvalue weighted by Crippen LogP contribution is -2.14. The summed E-state index contributed by atoms with van der Waals surface area (Å²) in [5.74, 6) is 0.591. The molecule has 0 radical (unpaired) electrons. The first-order valence-electron chi connectivity index (χ1n) is 8.35. The lowest BCUT2D eigenvalue weighted by atomic mass is 10.0. The number of aryl methyl sites for hydroxylation is 1. The molecule has 3 N–H and O–H groups in total. The summed E-state index contributed by atoms with van der Waals surface area (Å²) in [4.78, 5) is 5.36. The standard InChI is InChI=1S/C19H21N3O2S2/c1-2-4-14-6-8-15(9-7-14)19(17-5-3-12-25-17)22-18-11-10-16(13-21-18)26(20,23)24/h3,5-13,19H,2,4H2,1H3,(H,21,22)(H2,20,23,24)/t19-/m0/s1. The number of pyridine rings is 1. The van der Waals surface area contributed by atoms with Crippen molar-refractivity contribution in [3.8, 4) is 0 Å². The average Bonchev–Trinajstić information content (AvgIpc) is 3.15. The van der Waals surface area contributed by atoms with Crippen molar-refractivity contribution in [1.29, 1.82) is 0 Å². The second-order valence-corrected chi connectivity index (χ2v) is 8.55. The predicted molar refractivity (Wildman–Crippen MR) is 106 cm³/mol. The van der Waals surface area contributed by atoms with Crippen molar-refractivity contribution in [3.05, 3.63) is 76.1 Å². The quantitative estimate of drug-likeness (QED) is 0.643. The van der Waals surface area contributed by atoms with Gasteiger partial charge in [-0.25, -0.2) is 18.5 Å². The molecule has 0 fully saturated rings. The monoisotopic (exact) mass is 387 g/mol. The van der Waals surface area contributed by atoms with Crippen molar-refractivity contribution in [1.82, 2.24) is 4.98 Å². The predicted octanol–water partition coefficient (Wildman–Crippen LogP) is 3.94. The maximum absolute atomic E-state index is 11.4. The molecule has 1 aromatic carbocycles. The molecule has 0 saturated carbocycles. The van der Waals surface area contributed by atoms with Gasteiger partial charge < -0.3 is 5.32 Å². The van der Waals surface area contributed by atoms with Crippen LogP contribution in [0.5, 0.6) is 0 Å². The first kappa shape index (κ1) is 18.6. The molecule has 0 unspecified atom stereocenters. The van der Waals surface area contributed by atoms with Crippen LogP contribution in [0.2, 0.25) is 0 Å². The summed E-state index contributed by atoms with van der Waals surface area (Å²) < 4.78 is 22.8. The van der Waals surface area contributed by atoms with Gasteiger partial charge in [0.25, 0.3) is 0 Å². The van der Waals surface area contributed by atoms with Gasteiger partial charge in [-0.05, 0) is 41.1 Å². The van der Waals surface area contributed by atoms with Crippen LogP contribution in [-0.2, 0) is 16.4 Å². The minimum absolute atomic E-state index is 0.000331. The van der Waals surface area contributed by atoms with Crippen molar-refractivity contribution in [2.24, 2.45) is 5.14 Å². The van der Waals surface area contributed by atoms with E-state index in [1.807, 2.05) is 11.4 Å². The Hall–Kier alpha value is -2.22. The van der Waals surface area contributed by atoms with Crippen LogP contribution in [-0.4, -0.2) is 13.4 Å². The van der Waals surface area contributed by atoms with E-state index in [1.54, 1.807) is 17.4 Å². The zero-order chi connectivity index (χ0) is 18.6. The number of nitrogens with one attached hydrogen (secondary N) is 1. The molecule has 136 valence electrons. The summed E-state index contributed by atoms with van der Waals surface area (Å²) in [5, 5.41) is 10.6. The van der Waals surface area contributed by atoms with Crippen molar-refractivity contribution < 1.29 is 8.42 Å². The molecule has 3 aromatic rings. The number of primary sulfonamides is 1. The molecule has 1 atom stereocenters. The molecule has 5 nitrogen and oxygen atoms in total. The molecule has 2 aromatic heterocycles. The molecule has 0 aliphatic heterocycles. The fraction of sp³-hybridized carbons (Fsp3) is 0.211. The van der Waals surface area contributed by atoms with Crippen LogP contribution in [0.1, 0.15) is 35.4 Å². The highest BCUT2D eigenvalue weighted by Gasteiger charge is 2.16. The topological polar surface area (TPSA) is 85.1 Å². The first-order chi connectivity index (χ1) is 12.5. The van der Waals surface area contributed by atoms with Crippen LogP contribution in [0.15, 0.2) is 65.0 Å². The summed E-state index contributed by atoms with van der Waals surface area (Å²) in [6, 6.07) is 15.7. The molecular weight excluding hydrogens is 366 g/mol. The van der Waals surface area contributed by atoms with Crippen LogP contribution in [0.25, 0.3) is 0 Å². The third kappa shape index (κ3) is 4.49. The van der Waals surface area contributed by atoms with E-state index in [0.29, 0.717) is 5.82 Å². The van der Waals surface area contributed by atoms with Crippen molar-refractivity contribution in [2.75, 3.05) is 5.32 Å². The zero-order valence-corrected chi connectivity index (χ0v) is 16.1. The highest BCUT2D eigenvalue weighted by Crippen LogP contribution is 2.29. The lowest BCUT2D eigenvalue weighted by molar-refractivity contribution is 0.597. The van der Waals surface area contributed by atoms with E-state index in [-0.39, 0.29) is 10.9 Å². The summed E-state index contributed by atoms with van der Waals surface area (Å²) >= 11 is 1.66. The highest BCUT2D eigenvalue weighted by atomic mass is 32.2. The maximum atomic E-state index is 11.4. The fourth-order valence-corrected chi connectivity index (χ4v) is 3.98. The lowest BCUT2D eigenvalue weighted by Gasteiger charge is -2.19. The van der Waals surface area contributed by atoms with Gasteiger partial charge in [-0.1, -0.05) is 43.7 Å². The third-order valence-corrected chi connectivity index (χ3v) is 5.87. The Labute approximate surface area is 158 Å². The van der Waals surface area contributed by atoms with Gasteiger partial charge in [-0.15, -0.1) is 11.3 Å². The number of hydrogen-bond donors (Lipinski definition) is 2. The van der Waals surface area contributed by atoms with Gasteiger partial charge in [-0.2, -0.15) is 0 Å². The number of sulfonamides is 1. The second-order valence-electron chi connectivity index (χ2n) is 6.01. The molecule has 26 heavy (non-hydrogen) atoms. The summed E-state index contributed by atoms with van der Waals surface area (Å²) in [5.41, 5.74) is 2.45. The Morgan fingerprint density at radius 3 is 2.46 bits per heavy atom. The molecule has 2 heterocycles. The van der Waals surface area contributed by atoms with Crippen LogP contribution in [0.3, 0.4) is 0 Å². The molecule has 0 saturated heterocycles. The normalized spacial score (nSPS) is 12.7. The molecule has 0 aliphatic rings. The van der Waals surface area contributed by atoms with Gasteiger partial charge >= 0.3 is 0 Å². The van der Waals surface area contributed by atoms with Gasteiger partial charge in [0.05, 0.1) is 6.04 Å². The smallest absolute Gasteiger partial charge is 0.239 e. The number of aromatic nitrogens is 1. The Morgan fingerprint density at radius 2 is 1.92 bits per heavy atom. The minimum Gasteiger partial charge on any atom is -0.358 e. The number of anilines is 1. The third-order valence-electron chi connectivity index (χ3n) is 4.04. The maximum Gasteiger partial charge on any atom is 0.239 e. The Morgan fingerprint density at radius 1 is 1.15 bits per heavy atom. The van der Waals surface area contributed by atoms with Crippen molar-refractivity contribution in [2.45, 2.75) is 30.7 Å². The Kier molecular flexibility index (Phi) is 5.70. The van der Waals surface area contributed by atoms with Crippen molar-refractivity contribution in [3.63, 3.8) is 0 Å². The van der Waals surface area contributed by atoms with Crippen molar-refractivity contribution >= 4 is 27.2 Å². The van der Waals surface area contributed by atoms with Gasteiger partial charge in [-0.3, -0.25) is 0 Å².